The molecule has 3 amide bonds. The van der Waals surface area contributed by atoms with Crippen molar-refractivity contribution in [1.29, 1.82) is 0 Å². The molecule has 2 unspecified atom stereocenters. The Balaban J connectivity index is 2.05. The molecule has 1 aliphatic heterocycles. The molecular formula is C26H29N3O6. The lowest BCUT2D eigenvalue weighted by molar-refractivity contribution is -0.104. The highest BCUT2D eigenvalue weighted by Crippen LogP contribution is 2.46. The van der Waals surface area contributed by atoms with Gasteiger partial charge in [0, 0.05) is 30.4 Å². The minimum absolute atomic E-state index is 0.194. The maximum atomic E-state index is 13.1. The van der Waals surface area contributed by atoms with Crippen LogP contribution in [0, 0.1) is 0 Å². The molecule has 9 heteroatoms. The fraction of sp³-hybridized carbons (Fsp3) is 0.269. The number of hydrogen-bond acceptors (Lipinski definition) is 5. The van der Waals surface area contributed by atoms with Crippen LogP contribution in [-0.2, 0) is 11.3 Å². The number of nitrogens with one attached hydrogen (secondary N) is 1. The predicted octanol–water partition coefficient (Wildman–Crippen LogP) is 4.50. The fourth-order valence-electron chi connectivity index (χ4n) is 4.20. The number of carbonyl (C=O) groups excluding carboxylic acids is 2. The van der Waals surface area contributed by atoms with E-state index < -0.39 is 18.2 Å². The van der Waals surface area contributed by atoms with E-state index in [0.717, 1.165) is 5.56 Å². The van der Waals surface area contributed by atoms with Crippen molar-refractivity contribution in [2.24, 2.45) is 0 Å². The Bertz CT molecular complexity index is 1120. The van der Waals surface area contributed by atoms with Crippen LogP contribution in [0.5, 0.6) is 11.5 Å². The molecule has 0 spiro atoms. The molecule has 0 radical (unpaired) electrons. The number of carboxylic acid groups (broad SMARTS) is 1. The van der Waals surface area contributed by atoms with Crippen molar-refractivity contribution in [3.05, 3.63) is 78.0 Å². The summed E-state index contributed by atoms with van der Waals surface area (Å²) in [7, 11) is 3.01. The number of aldehydes is 1. The Morgan fingerprint density at radius 2 is 1.80 bits per heavy atom. The number of anilines is 1. The van der Waals surface area contributed by atoms with E-state index in [9.17, 15) is 19.5 Å². The molecule has 35 heavy (non-hydrogen) atoms. The van der Waals surface area contributed by atoms with Gasteiger partial charge in [0.2, 0.25) is 0 Å². The number of carbonyl (C=O) groups is 3. The van der Waals surface area contributed by atoms with Gasteiger partial charge in [0.15, 0.2) is 11.5 Å². The van der Waals surface area contributed by atoms with Crippen molar-refractivity contribution in [1.82, 2.24) is 10.2 Å². The van der Waals surface area contributed by atoms with Crippen molar-refractivity contribution in [3.63, 3.8) is 0 Å². The maximum absolute atomic E-state index is 13.1. The Kier molecular flexibility index (Phi) is 8.50. The lowest BCUT2D eigenvalue weighted by Gasteiger charge is -2.42. The monoisotopic (exact) mass is 479 g/mol. The topological polar surface area (TPSA) is 108 Å². The molecule has 2 atom stereocenters. The van der Waals surface area contributed by atoms with Crippen molar-refractivity contribution in [3.8, 4) is 11.5 Å². The van der Waals surface area contributed by atoms with Crippen LogP contribution in [0.3, 0.4) is 0 Å². The lowest BCUT2D eigenvalue weighted by Crippen LogP contribution is -2.49. The van der Waals surface area contributed by atoms with Crippen LogP contribution < -0.4 is 19.7 Å². The molecule has 3 rings (SSSR count). The van der Waals surface area contributed by atoms with E-state index in [0.29, 0.717) is 35.5 Å². The minimum Gasteiger partial charge on any atom is -0.493 e. The normalized spacial score (nSPS) is 17.2. The molecular weight excluding hydrogens is 450 g/mol. The quantitative estimate of drug-likeness (QED) is 0.328. The third kappa shape index (κ3) is 5.81. The number of amides is 3. The second kappa shape index (κ2) is 11.7. The number of rotatable bonds is 8. The number of benzene rings is 2. The van der Waals surface area contributed by atoms with E-state index in [2.05, 4.69) is 5.32 Å². The third-order valence-corrected chi connectivity index (χ3v) is 5.80. The Morgan fingerprint density at radius 1 is 1.11 bits per heavy atom. The zero-order valence-electron chi connectivity index (χ0n) is 19.9. The summed E-state index contributed by atoms with van der Waals surface area (Å²) < 4.78 is 10.9. The Labute approximate surface area is 204 Å². The highest BCUT2D eigenvalue weighted by Gasteiger charge is 2.39. The summed E-state index contributed by atoms with van der Waals surface area (Å²) >= 11 is 0. The van der Waals surface area contributed by atoms with Crippen LogP contribution in [0.2, 0.25) is 0 Å². The number of methoxy groups -OCH3 is 2. The number of fused-ring (bicyclic) bond motifs is 1. The Morgan fingerprint density at radius 3 is 2.43 bits per heavy atom. The highest BCUT2D eigenvalue weighted by atomic mass is 16.5. The van der Waals surface area contributed by atoms with Gasteiger partial charge in [0.1, 0.15) is 6.29 Å². The second-order valence-electron chi connectivity index (χ2n) is 7.96. The van der Waals surface area contributed by atoms with Gasteiger partial charge < -0.3 is 19.9 Å². The van der Waals surface area contributed by atoms with E-state index in [1.165, 1.54) is 43.5 Å². The van der Waals surface area contributed by atoms with Crippen LogP contribution in [0.4, 0.5) is 15.3 Å². The van der Waals surface area contributed by atoms with Crippen LogP contribution in [-0.4, -0.2) is 48.7 Å². The molecule has 9 nitrogen and oxygen atoms in total. The van der Waals surface area contributed by atoms with Gasteiger partial charge in [-0.15, -0.1) is 0 Å². The highest BCUT2D eigenvalue weighted by molar-refractivity contribution is 5.95. The van der Waals surface area contributed by atoms with Gasteiger partial charge in [0.25, 0.3) is 0 Å². The zero-order chi connectivity index (χ0) is 25.4. The molecule has 0 bridgehead atoms. The van der Waals surface area contributed by atoms with Gasteiger partial charge in [-0.2, -0.15) is 0 Å². The molecule has 0 saturated heterocycles. The van der Waals surface area contributed by atoms with Crippen LogP contribution >= 0.6 is 0 Å². The minimum atomic E-state index is -1.06. The summed E-state index contributed by atoms with van der Waals surface area (Å²) in [6.07, 6.45) is 5.72. The van der Waals surface area contributed by atoms with Crippen molar-refractivity contribution >= 4 is 24.1 Å². The summed E-state index contributed by atoms with van der Waals surface area (Å²) in [4.78, 5) is 38.9. The Hall–Kier alpha value is -4.27. The van der Waals surface area contributed by atoms with Crippen LogP contribution in [0.15, 0.2) is 66.9 Å². The summed E-state index contributed by atoms with van der Waals surface area (Å²) in [5, 5.41) is 12.8. The standard InChI is InChI=1S/C26H29N3O6/c1-18-14-21(28(26(32)33)17-19-10-6-4-7-11-19)20-15-23(34-2)24(35-3)16-22(20)29(18)25(31)27-12-8-5-9-13-30/h4-13,15-16,18,21H,14,17H2,1-3H3,(H,27,31)(H,32,33)/b9-5+,12-8+. The fourth-order valence-corrected chi connectivity index (χ4v) is 4.20. The lowest BCUT2D eigenvalue weighted by atomic mass is 9.90. The molecule has 0 fully saturated rings. The first kappa shape index (κ1) is 25.4. The summed E-state index contributed by atoms with van der Waals surface area (Å²) in [5.41, 5.74) is 2.03. The summed E-state index contributed by atoms with van der Waals surface area (Å²) in [6, 6.07) is 11.5. The molecule has 2 aromatic rings. The van der Waals surface area contributed by atoms with Gasteiger partial charge in [-0.05, 0) is 37.1 Å². The average molecular weight is 480 g/mol. The number of hydrogen-bond donors (Lipinski definition) is 2. The number of allylic oxidation sites excluding steroid dienone is 3. The van der Waals surface area contributed by atoms with E-state index in [-0.39, 0.29) is 12.6 Å². The zero-order valence-corrected chi connectivity index (χ0v) is 19.9. The molecule has 184 valence electrons. The number of nitrogens with zero attached hydrogens (tertiary/aromatic N) is 2. The third-order valence-electron chi connectivity index (χ3n) is 5.80. The average Bonchev–Trinajstić information content (AvgIpc) is 2.86. The summed E-state index contributed by atoms with van der Waals surface area (Å²) in [6.45, 7) is 2.06. The molecule has 0 aliphatic carbocycles. The van der Waals surface area contributed by atoms with Crippen LogP contribution in [0.1, 0.15) is 30.5 Å². The first-order chi connectivity index (χ1) is 16.9. The SMILES string of the molecule is COc1cc2c(cc1OC)N(C(=O)N/C=C/C=C/C=O)C(C)CC2N(Cc1ccccc1)C(=O)O. The van der Waals surface area contributed by atoms with Crippen LogP contribution in [0.25, 0.3) is 0 Å². The molecule has 1 aliphatic rings. The number of ether oxygens (including phenoxy) is 2. The molecule has 2 aromatic carbocycles. The van der Waals surface area contributed by atoms with E-state index in [1.54, 1.807) is 17.0 Å². The number of urea groups is 1. The maximum Gasteiger partial charge on any atom is 0.408 e. The van der Waals surface area contributed by atoms with Gasteiger partial charge in [0.05, 0.1) is 25.9 Å². The van der Waals surface area contributed by atoms with E-state index >= 15 is 0 Å². The van der Waals surface area contributed by atoms with E-state index in [1.807, 2.05) is 37.3 Å². The molecule has 2 N–H and O–H groups in total. The largest absolute Gasteiger partial charge is 0.493 e. The smallest absolute Gasteiger partial charge is 0.408 e. The molecule has 1 heterocycles. The van der Waals surface area contributed by atoms with Gasteiger partial charge in [-0.3, -0.25) is 14.6 Å². The second-order valence-corrected chi connectivity index (χ2v) is 7.96. The first-order valence-electron chi connectivity index (χ1n) is 11.1. The predicted molar refractivity (Wildman–Crippen MR) is 132 cm³/mol. The van der Waals surface area contributed by atoms with Gasteiger partial charge >= 0.3 is 12.1 Å². The first-order valence-corrected chi connectivity index (χ1v) is 11.1. The summed E-state index contributed by atoms with van der Waals surface area (Å²) in [5.74, 6) is 0.862. The van der Waals surface area contributed by atoms with E-state index in [4.69, 9.17) is 9.47 Å². The van der Waals surface area contributed by atoms with Crippen molar-refractivity contribution in [2.75, 3.05) is 19.1 Å². The van der Waals surface area contributed by atoms with Crippen molar-refractivity contribution in [2.45, 2.75) is 32.0 Å². The van der Waals surface area contributed by atoms with Gasteiger partial charge in [-0.1, -0.05) is 36.4 Å². The van der Waals surface area contributed by atoms with Gasteiger partial charge in [-0.25, -0.2) is 9.59 Å². The molecule has 0 saturated carbocycles. The molecule has 0 aromatic heterocycles. The van der Waals surface area contributed by atoms with Crippen molar-refractivity contribution < 1.29 is 29.0 Å².